The number of nitrogens with zero attached hydrogens (tertiary/aromatic N) is 1. The van der Waals surface area contributed by atoms with E-state index < -0.39 is 10.0 Å². The molecule has 176 valence electrons. The van der Waals surface area contributed by atoms with Crippen molar-refractivity contribution in [1.29, 1.82) is 0 Å². The molecule has 1 heterocycles. The maximum atomic E-state index is 13.1. The van der Waals surface area contributed by atoms with Crippen molar-refractivity contribution in [2.24, 2.45) is 11.7 Å². The van der Waals surface area contributed by atoms with Gasteiger partial charge >= 0.3 is 0 Å². The van der Waals surface area contributed by atoms with E-state index in [0.717, 1.165) is 37.8 Å². The Hall–Kier alpha value is -2.75. The molecular weight excluding hydrogens is 440 g/mol. The number of para-hydroxylation sites is 1. The van der Waals surface area contributed by atoms with Crippen molar-refractivity contribution in [2.45, 2.75) is 50.1 Å². The summed E-state index contributed by atoms with van der Waals surface area (Å²) in [5.41, 5.74) is 8.09. The minimum atomic E-state index is -3.66. The van der Waals surface area contributed by atoms with Crippen LogP contribution in [0.15, 0.2) is 47.4 Å². The molecule has 33 heavy (non-hydrogen) atoms. The van der Waals surface area contributed by atoms with E-state index in [4.69, 9.17) is 5.73 Å². The summed E-state index contributed by atoms with van der Waals surface area (Å²) in [4.78, 5) is 27.0. The van der Waals surface area contributed by atoms with Crippen molar-refractivity contribution in [3.63, 3.8) is 0 Å². The molecule has 0 bridgehead atoms. The van der Waals surface area contributed by atoms with E-state index in [1.165, 1.54) is 12.1 Å². The van der Waals surface area contributed by atoms with Crippen LogP contribution in [0, 0.1) is 12.8 Å². The number of hydrogen-bond acceptors (Lipinski definition) is 5. The van der Waals surface area contributed by atoms with E-state index in [2.05, 4.69) is 14.9 Å². The summed E-state index contributed by atoms with van der Waals surface area (Å²) in [6.07, 6.45) is 3.38. The van der Waals surface area contributed by atoms with Crippen molar-refractivity contribution in [3.05, 3.63) is 59.2 Å². The molecular formula is C24H30N4O4S. The first-order valence-corrected chi connectivity index (χ1v) is 12.7. The average molecular weight is 471 g/mol. The third-order valence-corrected chi connectivity index (χ3v) is 7.75. The minimum absolute atomic E-state index is 0.00981. The normalized spacial score (nSPS) is 19.2. The van der Waals surface area contributed by atoms with Gasteiger partial charge in [0.2, 0.25) is 15.9 Å². The van der Waals surface area contributed by atoms with Gasteiger partial charge in [-0.2, -0.15) is 0 Å². The van der Waals surface area contributed by atoms with Crippen molar-refractivity contribution in [3.8, 4) is 0 Å². The predicted octanol–water partition coefficient (Wildman–Crippen LogP) is 2.39. The first kappa shape index (κ1) is 23.4. The molecule has 1 saturated carbocycles. The molecule has 0 spiro atoms. The number of amides is 2. The number of nitrogens with one attached hydrogen (secondary N) is 2. The summed E-state index contributed by atoms with van der Waals surface area (Å²) >= 11 is 0. The van der Waals surface area contributed by atoms with Gasteiger partial charge in [0.05, 0.1) is 10.8 Å². The van der Waals surface area contributed by atoms with Gasteiger partial charge in [-0.3, -0.25) is 14.5 Å². The molecule has 0 radical (unpaired) electrons. The number of hydrogen-bond donors (Lipinski definition) is 3. The summed E-state index contributed by atoms with van der Waals surface area (Å²) in [5.74, 6) is -0.794. The lowest BCUT2D eigenvalue weighted by molar-refractivity contribution is -0.123. The number of aryl methyl sites for hydroxylation is 1. The molecule has 8 nitrogen and oxygen atoms in total. The fourth-order valence-electron chi connectivity index (χ4n) is 4.14. The zero-order valence-corrected chi connectivity index (χ0v) is 19.5. The Balaban J connectivity index is 1.51. The number of carbonyl (C=O) groups excluding carboxylic acids is 2. The maximum Gasteiger partial charge on any atom is 0.255 e. The van der Waals surface area contributed by atoms with Crippen molar-refractivity contribution < 1.29 is 18.0 Å². The number of carbonyl (C=O) groups is 2. The molecule has 2 fully saturated rings. The van der Waals surface area contributed by atoms with Crippen LogP contribution < -0.4 is 15.8 Å². The molecule has 9 heteroatoms. The molecule has 0 aromatic heterocycles. The van der Waals surface area contributed by atoms with E-state index >= 15 is 0 Å². The Kier molecular flexibility index (Phi) is 6.83. The van der Waals surface area contributed by atoms with Gasteiger partial charge in [-0.15, -0.1) is 0 Å². The van der Waals surface area contributed by atoms with E-state index in [1.54, 1.807) is 13.0 Å². The molecule has 2 amide bonds. The highest BCUT2D eigenvalue weighted by Crippen LogP contribution is 2.25. The minimum Gasteiger partial charge on any atom is -0.369 e. The first-order chi connectivity index (χ1) is 15.7. The Bertz CT molecular complexity index is 1160. The second kappa shape index (κ2) is 9.62. The highest BCUT2D eigenvalue weighted by molar-refractivity contribution is 7.89. The standard InChI is InChI=1S/C24H30N4O4S/c1-16-8-11-20(33(31,32)27-19-9-10-19)13-21(16)24(30)26-22-7-3-2-5-17(22)14-28-12-4-6-18(15-28)23(25)29/h2-3,5,7-8,11,13,18-19,27H,4,6,9-10,12,14-15H2,1H3,(H2,25,29)(H,26,30). The third-order valence-electron chi connectivity index (χ3n) is 6.23. The van der Waals surface area contributed by atoms with Gasteiger partial charge < -0.3 is 11.1 Å². The Morgan fingerprint density at radius 3 is 2.61 bits per heavy atom. The van der Waals surface area contributed by atoms with Crippen LogP contribution in [0.3, 0.4) is 0 Å². The van der Waals surface area contributed by atoms with Crippen molar-refractivity contribution in [1.82, 2.24) is 9.62 Å². The van der Waals surface area contributed by atoms with Crippen LogP contribution in [0.5, 0.6) is 0 Å². The van der Waals surface area contributed by atoms with Gasteiger partial charge in [0.1, 0.15) is 0 Å². The van der Waals surface area contributed by atoms with Gasteiger partial charge in [-0.1, -0.05) is 24.3 Å². The maximum absolute atomic E-state index is 13.1. The first-order valence-electron chi connectivity index (χ1n) is 11.3. The summed E-state index contributed by atoms with van der Waals surface area (Å²) in [6, 6.07) is 12.1. The summed E-state index contributed by atoms with van der Waals surface area (Å²) in [7, 11) is -3.66. The lowest BCUT2D eigenvalue weighted by Gasteiger charge is -2.31. The van der Waals surface area contributed by atoms with E-state index in [1.807, 2.05) is 24.3 Å². The molecule has 4 N–H and O–H groups in total. The van der Waals surface area contributed by atoms with Crippen LogP contribution in [0.25, 0.3) is 0 Å². The Morgan fingerprint density at radius 1 is 1.12 bits per heavy atom. The average Bonchev–Trinajstić information content (AvgIpc) is 3.58. The second-order valence-electron chi connectivity index (χ2n) is 8.96. The fraction of sp³-hybridized carbons (Fsp3) is 0.417. The van der Waals surface area contributed by atoms with Gasteiger partial charge in [0, 0.05) is 30.4 Å². The number of piperidine rings is 1. The van der Waals surface area contributed by atoms with Crippen molar-refractivity contribution >= 4 is 27.5 Å². The van der Waals surface area contributed by atoms with E-state index in [9.17, 15) is 18.0 Å². The number of nitrogens with two attached hydrogens (primary N) is 1. The molecule has 4 rings (SSSR count). The lowest BCUT2D eigenvalue weighted by Crippen LogP contribution is -2.40. The van der Waals surface area contributed by atoms with Crippen molar-refractivity contribution in [2.75, 3.05) is 18.4 Å². The smallest absolute Gasteiger partial charge is 0.255 e. The monoisotopic (exact) mass is 470 g/mol. The number of benzene rings is 2. The SMILES string of the molecule is Cc1ccc(S(=O)(=O)NC2CC2)cc1C(=O)Nc1ccccc1CN1CCCC(C(N)=O)C1. The quantitative estimate of drug-likeness (QED) is 0.547. The topological polar surface area (TPSA) is 122 Å². The largest absolute Gasteiger partial charge is 0.369 e. The van der Waals surface area contributed by atoms with Crippen LogP contribution in [-0.2, 0) is 21.4 Å². The third kappa shape index (κ3) is 5.79. The van der Waals surface area contributed by atoms with Crippen LogP contribution in [0.1, 0.15) is 47.2 Å². The Morgan fingerprint density at radius 2 is 1.88 bits per heavy atom. The highest BCUT2D eigenvalue weighted by Gasteiger charge is 2.29. The molecule has 1 saturated heterocycles. The molecule has 1 atom stereocenters. The van der Waals surface area contributed by atoms with Gasteiger partial charge in [-0.25, -0.2) is 13.1 Å². The summed E-state index contributed by atoms with van der Waals surface area (Å²) < 4.78 is 27.8. The zero-order chi connectivity index (χ0) is 23.6. The molecule has 2 aliphatic rings. The number of sulfonamides is 1. The summed E-state index contributed by atoms with van der Waals surface area (Å²) in [5, 5.41) is 2.95. The number of likely N-dealkylation sites (tertiary alicyclic amines) is 1. The fourth-order valence-corrected chi connectivity index (χ4v) is 5.47. The zero-order valence-electron chi connectivity index (χ0n) is 18.7. The Labute approximate surface area is 194 Å². The number of anilines is 1. The molecule has 2 aromatic carbocycles. The van der Waals surface area contributed by atoms with Gasteiger partial charge in [-0.05, 0) is 68.5 Å². The molecule has 1 unspecified atom stereocenters. The van der Waals surface area contributed by atoms with Crippen LogP contribution in [0.4, 0.5) is 5.69 Å². The molecule has 1 aliphatic carbocycles. The molecule has 2 aromatic rings. The lowest BCUT2D eigenvalue weighted by atomic mass is 9.97. The van der Waals surface area contributed by atoms with E-state index in [0.29, 0.717) is 29.9 Å². The number of rotatable bonds is 8. The highest BCUT2D eigenvalue weighted by atomic mass is 32.2. The van der Waals surface area contributed by atoms with E-state index in [-0.39, 0.29) is 28.7 Å². The van der Waals surface area contributed by atoms with Crippen LogP contribution in [-0.4, -0.2) is 44.3 Å². The van der Waals surface area contributed by atoms with Gasteiger partial charge in [0.15, 0.2) is 0 Å². The van der Waals surface area contributed by atoms with Crippen LogP contribution >= 0.6 is 0 Å². The number of primary amides is 1. The predicted molar refractivity (Wildman–Crippen MR) is 126 cm³/mol. The van der Waals surface area contributed by atoms with Crippen LogP contribution in [0.2, 0.25) is 0 Å². The molecule has 1 aliphatic heterocycles. The summed E-state index contributed by atoms with van der Waals surface area (Å²) in [6.45, 7) is 3.83. The van der Waals surface area contributed by atoms with Gasteiger partial charge in [0.25, 0.3) is 5.91 Å². The second-order valence-corrected chi connectivity index (χ2v) is 10.7.